The van der Waals surface area contributed by atoms with Crippen LogP contribution in [0.2, 0.25) is 0 Å². The van der Waals surface area contributed by atoms with Crippen molar-refractivity contribution in [1.29, 1.82) is 0 Å². The second-order valence-electron chi connectivity index (χ2n) is 2.45. The van der Waals surface area contributed by atoms with Gasteiger partial charge in [0.15, 0.2) is 0 Å². The van der Waals surface area contributed by atoms with E-state index in [1.54, 1.807) is 13.8 Å². The molecule has 13 heavy (non-hydrogen) atoms. The van der Waals surface area contributed by atoms with E-state index in [4.69, 9.17) is 10.5 Å². The molecule has 0 fully saturated rings. The Labute approximate surface area is 79.9 Å². The van der Waals surface area contributed by atoms with Gasteiger partial charge in [-0.2, -0.15) is 0 Å². The minimum atomic E-state index is -0.438. The van der Waals surface area contributed by atoms with Gasteiger partial charge in [0.05, 0.1) is 12.6 Å². The van der Waals surface area contributed by atoms with Crippen LogP contribution in [0.25, 0.3) is 0 Å². The molecule has 1 atom stereocenters. The number of ether oxygens (including phenoxy) is 1. The van der Waals surface area contributed by atoms with Crippen molar-refractivity contribution in [2.45, 2.75) is 19.9 Å². The molecule has 0 amide bonds. The molecule has 1 heterocycles. The van der Waals surface area contributed by atoms with Crippen LogP contribution in [0.4, 0.5) is 0 Å². The number of nitrogens with two attached hydrogens (primary N) is 1. The molecule has 2 N–H and O–H groups in total. The minimum absolute atomic E-state index is 0.194. The first kappa shape index (κ1) is 10.1. The van der Waals surface area contributed by atoms with Gasteiger partial charge in [-0.1, -0.05) is 11.3 Å². The second-order valence-corrected chi connectivity index (χ2v) is 3.46. The van der Waals surface area contributed by atoms with E-state index in [1.807, 2.05) is 0 Å². The summed E-state index contributed by atoms with van der Waals surface area (Å²) in [7, 11) is 0. The summed E-state index contributed by atoms with van der Waals surface area (Å²) in [4.78, 5) is 11.1. The first-order valence-electron chi connectivity index (χ1n) is 3.91. The highest BCUT2D eigenvalue weighted by molar-refractivity contribution is 7.13. The SMILES string of the molecule is CCOC(=O)c1nnc(C(C)N)s1. The zero-order chi connectivity index (χ0) is 9.84. The molecule has 0 bridgehead atoms. The molecule has 0 aliphatic rings. The third-order valence-electron chi connectivity index (χ3n) is 1.28. The predicted molar refractivity (Wildman–Crippen MR) is 48.5 cm³/mol. The average Bonchev–Trinajstić information content (AvgIpc) is 2.52. The lowest BCUT2D eigenvalue weighted by Crippen LogP contribution is -2.03. The summed E-state index contributed by atoms with van der Waals surface area (Å²) in [6, 6.07) is -0.194. The fourth-order valence-electron chi connectivity index (χ4n) is 0.694. The van der Waals surface area contributed by atoms with Crippen LogP contribution < -0.4 is 5.73 Å². The molecule has 0 aliphatic carbocycles. The molecule has 0 aliphatic heterocycles. The van der Waals surface area contributed by atoms with Gasteiger partial charge in [0.1, 0.15) is 5.01 Å². The number of aromatic nitrogens is 2. The Morgan fingerprint density at radius 2 is 2.38 bits per heavy atom. The molecule has 0 radical (unpaired) electrons. The largest absolute Gasteiger partial charge is 0.461 e. The topological polar surface area (TPSA) is 78.1 Å². The van der Waals surface area contributed by atoms with Crippen LogP contribution in [-0.4, -0.2) is 22.8 Å². The smallest absolute Gasteiger partial charge is 0.369 e. The zero-order valence-corrected chi connectivity index (χ0v) is 8.30. The van der Waals surface area contributed by atoms with E-state index in [9.17, 15) is 4.79 Å². The maximum Gasteiger partial charge on any atom is 0.369 e. The van der Waals surface area contributed by atoms with Crippen molar-refractivity contribution in [3.63, 3.8) is 0 Å². The summed E-state index contributed by atoms with van der Waals surface area (Å²) in [6.45, 7) is 3.87. The van der Waals surface area contributed by atoms with Crippen molar-refractivity contribution in [3.05, 3.63) is 10.0 Å². The van der Waals surface area contributed by atoms with E-state index < -0.39 is 5.97 Å². The summed E-state index contributed by atoms with van der Waals surface area (Å²) in [5.74, 6) is -0.438. The molecule has 0 saturated heterocycles. The summed E-state index contributed by atoms with van der Waals surface area (Å²) in [5, 5.41) is 8.33. The van der Waals surface area contributed by atoms with E-state index in [0.29, 0.717) is 11.6 Å². The summed E-state index contributed by atoms with van der Waals surface area (Å²) < 4.78 is 4.75. The Morgan fingerprint density at radius 1 is 1.69 bits per heavy atom. The maximum atomic E-state index is 11.1. The Hall–Kier alpha value is -1.01. The molecule has 1 aromatic rings. The summed E-state index contributed by atoms with van der Waals surface area (Å²) in [5.41, 5.74) is 5.56. The minimum Gasteiger partial charge on any atom is -0.461 e. The average molecular weight is 201 g/mol. The molecular weight excluding hydrogens is 190 g/mol. The van der Waals surface area contributed by atoms with Crippen LogP contribution in [0.3, 0.4) is 0 Å². The first-order chi connectivity index (χ1) is 6.15. The van der Waals surface area contributed by atoms with E-state index in [1.165, 1.54) is 11.3 Å². The van der Waals surface area contributed by atoms with Crippen molar-refractivity contribution in [3.8, 4) is 0 Å². The van der Waals surface area contributed by atoms with Gasteiger partial charge >= 0.3 is 5.97 Å². The third kappa shape index (κ3) is 2.46. The Kier molecular flexibility index (Phi) is 3.32. The van der Waals surface area contributed by atoms with Crippen LogP contribution in [0.5, 0.6) is 0 Å². The lowest BCUT2D eigenvalue weighted by atomic mass is 10.4. The number of nitrogens with zero attached hydrogens (tertiary/aromatic N) is 2. The van der Waals surface area contributed by atoms with Gasteiger partial charge < -0.3 is 10.5 Å². The Balaban J connectivity index is 2.73. The number of rotatable bonds is 3. The maximum absolute atomic E-state index is 11.1. The van der Waals surface area contributed by atoms with E-state index in [-0.39, 0.29) is 11.0 Å². The monoisotopic (exact) mass is 201 g/mol. The first-order valence-corrected chi connectivity index (χ1v) is 4.73. The van der Waals surface area contributed by atoms with Crippen molar-refractivity contribution in [2.24, 2.45) is 5.73 Å². The van der Waals surface area contributed by atoms with E-state index in [0.717, 1.165) is 0 Å². The van der Waals surface area contributed by atoms with Crippen LogP contribution in [0.1, 0.15) is 34.7 Å². The zero-order valence-electron chi connectivity index (χ0n) is 7.48. The molecule has 6 heteroatoms. The fourth-order valence-corrected chi connectivity index (χ4v) is 1.38. The Morgan fingerprint density at radius 3 is 2.85 bits per heavy atom. The van der Waals surface area contributed by atoms with Gasteiger partial charge in [0, 0.05) is 0 Å². The van der Waals surface area contributed by atoms with E-state index >= 15 is 0 Å². The van der Waals surface area contributed by atoms with Gasteiger partial charge in [-0.25, -0.2) is 4.79 Å². The number of hydrogen-bond acceptors (Lipinski definition) is 6. The molecule has 1 rings (SSSR count). The molecule has 0 aromatic carbocycles. The molecule has 1 aromatic heterocycles. The van der Waals surface area contributed by atoms with Gasteiger partial charge in [-0.15, -0.1) is 10.2 Å². The van der Waals surface area contributed by atoms with Crippen molar-refractivity contribution < 1.29 is 9.53 Å². The van der Waals surface area contributed by atoms with Crippen LogP contribution >= 0.6 is 11.3 Å². The van der Waals surface area contributed by atoms with Crippen molar-refractivity contribution in [1.82, 2.24) is 10.2 Å². The van der Waals surface area contributed by atoms with Crippen LogP contribution in [0.15, 0.2) is 0 Å². The molecular formula is C7H11N3O2S. The highest BCUT2D eigenvalue weighted by Crippen LogP contribution is 2.15. The molecule has 72 valence electrons. The van der Waals surface area contributed by atoms with Crippen molar-refractivity contribution >= 4 is 17.3 Å². The fraction of sp³-hybridized carbons (Fsp3) is 0.571. The number of carbonyl (C=O) groups excluding carboxylic acids is 1. The number of esters is 1. The van der Waals surface area contributed by atoms with Crippen LogP contribution in [-0.2, 0) is 4.74 Å². The van der Waals surface area contributed by atoms with E-state index in [2.05, 4.69) is 10.2 Å². The van der Waals surface area contributed by atoms with Gasteiger partial charge in [0.2, 0.25) is 5.01 Å². The molecule has 0 spiro atoms. The lowest BCUT2D eigenvalue weighted by Gasteiger charge is -1.95. The normalized spacial score (nSPS) is 12.5. The summed E-state index contributed by atoms with van der Waals surface area (Å²) in [6.07, 6.45) is 0. The van der Waals surface area contributed by atoms with Gasteiger partial charge in [-0.05, 0) is 13.8 Å². The lowest BCUT2D eigenvalue weighted by molar-refractivity contribution is 0.0525. The van der Waals surface area contributed by atoms with Crippen LogP contribution in [0, 0.1) is 0 Å². The highest BCUT2D eigenvalue weighted by atomic mass is 32.1. The van der Waals surface area contributed by atoms with Crippen molar-refractivity contribution in [2.75, 3.05) is 6.61 Å². The molecule has 0 saturated carbocycles. The van der Waals surface area contributed by atoms with Gasteiger partial charge in [-0.3, -0.25) is 0 Å². The Bertz CT molecular complexity index is 298. The number of carbonyl (C=O) groups is 1. The third-order valence-corrected chi connectivity index (χ3v) is 2.38. The number of hydrogen-bond donors (Lipinski definition) is 1. The summed E-state index contributed by atoms with van der Waals surface area (Å²) >= 11 is 1.17. The second kappa shape index (κ2) is 4.29. The molecule has 5 nitrogen and oxygen atoms in total. The highest BCUT2D eigenvalue weighted by Gasteiger charge is 2.14. The molecule has 1 unspecified atom stereocenters. The predicted octanol–water partition coefficient (Wildman–Crippen LogP) is 0.735. The van der Waals surface area contributed by atoms with Gasteiger partial charge in [0.25, 0.3) is 0 Å². The quantitative estimate of drug-likeness (QED) is 0.729. The standard InChI is InChI=1S/C7H11N3O2S/c1-3-12-7(11)6-10-9-5(13-6)4(2)8/h4H,3,8H2,1-2H3.